The average Bonchev–Trinajstić information content (AvgIpc) is 3.45. The lowest BCUT2D eigenvalue weighted by molar-refractivity contribution is 0.745. The van der Waals surface area contributed by atoms with Gasteiger partial charge in [0.25, 0.3) is 0 Å². The highest BCUT2D eigenvalue weighted by Crippen LogP contribution is 2.49. The van der Waals surface area contributed by atoms with E-state index >= 15 is 0 Å². The van der Waals surface area contributed by atoms with Gasteiger partial charge in [-0.15, -0.1) is 0 Å². The number of hydrogen-bond acceptors (Lipinski definition) is 1. The van der Waals surface area contributed by atoms with Crippen LogP contribution < -0.4 is 4.90 Å². The fourth-order valence-electron chi connectivity index (χ4n) is 8.07. The molecule has 8 aromatic rings. The summed E-state index contributed by atoms with van der Waals surface area (Å²) in [5.41, 5.74) is 9.00. The average molecular weight is 572 g/mol. The van der Waals surface area contributed by atoms with Gasteiger partial charge in [-0.2, -0.15) is 0 Å². The van der Waals surface area contributed by atoms with Crippen LogP contribution in [0.3, 0.4) is 0 Å². The van der Waals surface area contributed by atoms with E-state index in [1.54, 1.807) is 0 Å². The highest BCUT2D eigenvalue weighted by molar-refractivity contribution is 6.27. The summed E-state index contributed by atoms with van der Waals surface area (Å²) in [7, 11) is 0. The number of hydrogen-bond donors (Lipinski definition) is 0. The van der Waals surface area contributed by atoms with Gasteiger partial charge in [0.15, 0.2) is 0 Å². The molecule has 8 aromatic carbocycles. The number of nitrogens with zero attached hydrogens (tertiary/aromatic N) is 1. The predicted octanol–water partition coefficient (Wildman–Crippen LogP) is 11.8. The van der Waals surface area contributed by atoms with Gasteiger partial charge in [-0.25, -0.2) is 0 Å². The van der Waals surface area contributed by atoms with E-state index in [0.717, 1.165) is 0 Å². The molecule has 1 aliphatic heterocycles. The first-order valence-electron chi connectivity index (χ1n) is 15.9. The number of para-hydroxylation sites is 1. The standard InChI is InChI=1S/C44H29N/c1-2-9-31-26-33(17-16-28(31)8-1)36-23-19-30-20-24-39-35(22-18-29-21-25-40(36)44(30)43(29)39)32-10-7-11-34(27-32)45-41-14-5-3-12-37(41)38-13-4-6-15-42(38)45/h1-27,37,41H. The van der Waals surface area contributed by atoms with Crippen molar-refractivity contribution in [3.05, 3.63) is 169 Å². The first kappa shape index (κ1) is 24.7. The normalized spacial score (nSPS) is 17.1. The van der Waals surface area contributed by atoms with E-state index in [1.165, 1.54) is 82.3 Å². The minimum Gasteiger partial charge on any atom is -0.333 e. The first-order valence-corrected chi connectivity index (χ1v) is 15.9. The van der Waals surface area contributed by atoms with Crippen molar-refractivity contribution in [3.63, 3.8) is 0 Å². The Kier molecular flexibility index (Phi) is 5.18. The lowest BCUT2D eigenvalue weighted by atomic mass is 9.87. The van der Waals surface area contributed by atoms with Crippen LogP contribution in [0.1, 0.15) is 11.5 Å². The van der Waals surface area contributed by atoms with Crippen LogP contribution in [0.5, 0.6) is 0 Å². The van der Waals surface area contributed by atoms with Gasteiger partial charge >= 0.3 is 0 Å². The Morgan fingerprint density at radius 3 is 1.89 bits per heavy atom. The third-order valence-corrected chi connectivity index (χ3v) is 10.1. The van der Waals surface area contributed by atoms with Gasteiger partial charge in [0.2, 0.25) is 0 Å². The summed E-state index contributed by atoms with van der Waals surface area (Å²) >= 11 is 0. The molecular weight excluding hydrogens is 542 g/mol. The van der Waals surface area contributed by atoms with E-state index < -0.39 is 0 Å². The van der Waals surface area contributed by atoms with Crippen LogP contribution in [0.15, 0.2) is 164 Å². The summed E-state index contributed by atoms with van der Waals surface area (Å²) in [6.07, 6.45) is 9.08. The molecule has 0 amide bonds. The largest absolute Gasteiger partial charge is 0.333 e. The number of rotatable bonds is 3. The second-order valence-electron chi connectivity index (χ2n) is 12.5. The summed E-state index contributed by atoms with van der Waals surface area (Å²) in [5.74, 6) is 0.376. The fraction of sp³-hybridized carbons (Fsp3) is 0.0455. The summed E-state index contributed by atoms with van der Waals surface area (Å²) in [6.45, 7) is 0. The predicted molar refractivity (Wildman–Crippen MR) is 192 cm³/mol. The van der Waals surface area contributed by atoms with Crippen molar-refractivity contribution in [2.45, 2.75) is 12.0 Å². The monoisotopic (exact) mass is 571 g/mol. The van der Waals surface area contributed by atoms with Crippen molar-refractivity contribution >= 4 is 54.5 Å². The molecule has 2 aliphatic rings. The molecule has 0 aromatic heterocycles. The van der Waals surface area contributed by atoms with Crippen LogP contribution in [0.2, 0.25) is 0 Å². The molecule has 0 fully saturated rings. The number of benzene rings is 8. The van der Waals surface area contributed by atoms with Gasteiger partial charge in [0, 0.05) is 17.3 Å². The van der Waals surface area contributed by atoms with E-state index in [0.29, 0.717) is 5.92 Å². The second-order valence-corrected chi connectivity index (χ2v) is 12.5. The molecule has 0 saturated carbocycles. The van der Waals surface area contributed by atoms with E-state index in [2.05, 4.69) is 169 Å². The van der Waals surface area contributed by atoms with Crippen LogP contribution in [-0.4, -0.2) is 6.04 Å². The quantitative estimate of drug-likeness (QED) is 0.191. The Hall–Kier alpha value is -5.66. The molecule has 0 spiro atoms. The zero-order chi connectivity index (χ0) is 29.5. The molecule has 1 heterocycles. The summed E-state index contributed by atoms with van der Waals surface area (Å²) in [4.78, 5) is 2.52. The minimum atomic E-state index is 0.289. The SMILES string of the molecule is C1=CC2c3ccccc3N(c3cccc(-c4ccc5ccc6c(-c7ccc8ccccc8c7)ccc7ccc4c5c76)c3)C2C=C1. The molecule has 10 rings (SSSR count). The van der Waals surface area contributed by atoms with Crippen LogP contribution in [0, 0.1) is 0 Å². The van der Waals surface area contributed by atoms with Crippen molar-refractivity contribution in [1.82, 2.24) is 0 Å². The number of allylic oxidation sites excluding steroid dienone is 2. The van der Waals surface area contributed by atoms with Gasteiger partial charge in [0.1, 0.15) is 0 Å². The molecule has 1 nitrogen and oxygen atoms in total. The van der Waals surface area contributed by atoms with E-state index in [-0.39, 0.29) is 6.04 Å². The third kappa shape index (κ3) is 3.62. The topological polar surface area (TPSA) is 3.24 Å². The molecule has 1 aliphatic carbocycles. The first-order chi connectivity index (χ1) is 22.3. The maximum Gasteiger partial charge on any atom is 0.0629 e. The maximum absolute atomic E-state index is 2.52. The Balaban J connectivity index is 1.15. The van der Waals surface area contributed by atoms with Crippen LogP contribution in [0.4, 0.5) is 11.4 Å². The maximum atomic E-state index is 2.52. The lowest BCUT2D eigenvalue weighted by Gasteiger charge is -2.29. The highest BCUT2D eigenvalue weighted by atomic mass is 15.2. The smallest absolute Gasteiger partial charge is 0.0629 e. The van der Waals surface area contributed by atoms with Crippen molar-refractivity contribution < 1.29 is 0 Å². The van der Waals surface area contributed by atoms with Crippen LogP contribution >= 0.6 is 0 Å². The molecule has 1 heteroatoms. The zero-order valence-corrected chi connectivity index (χ0v) is 24.7. The van der Waals surface area contributed by atoms with Crippen molar-refractivity contribution in [1.29, 1.82) is 0 Å². The Bertz CT molecular complexity index is 2510. The summed E-state index contributed by atoms with van der Waals surface area (Å²) < 4.78 is 0. The number of fused-ring (bicyclic) bond motifs is 4. The number of anilines is 2. The fourth-order valence-corrected chi connectivity index (χ4v) is 8.07. The summed E-state index contributed by atoms with van der Waals surface area (Å²) in [5, 5.41) is 10.4. The van der Waals surface area contributed by atoms with Crippen molar-refractivity contribution in [3.8, 4) is 22.3 Å². The third-order valence-electron chi connectivity index (χ3n) is 10.1. The van der Waals surface area contributed by atoms with E-state index in [1.807, 2.05) is 0 Å². The lowest BCUT2D eigenvalue weighted by Crippen LogP contribution is -2.28. The molecule has 2 atom stereocenters. The molecule has 0 saturated heterocycles. The Morgan fingerprint density at radius 1 is 0.444 bits per heavy atom. The molecule has 0 radical (unpaired) electrons. The van der Waals surface area contributed by atoms with Gasteiger partial charge in [-0.1, -0.05) is 140 Å². The highest BCUT2D eigenvalue weighted by Gasteiger charge is 2.37. The second kappa shape index (κ2) is 9.42. The van der Waals surface area contributed by atoms with Gasteiger partial charge in [-0.3, -0.25) is 0 Å². The van der Waals surface area contributed by atoms with E-state index in [4.69, 9.17) is 0 Å². The molecular formula is C44H29N. The molecule has 45 heavy (non-hydrogen) atoms. The molecule has 0 bridgehead atoms. The van der Waals surface area contributed by atoms with Gasteiger partial charge < -0.3 is 4.90 Å². The summed E-state index contributed by atoms with van der Waals surface area (Å²) in [6, 6.07) is 52.3. The Morgan fingerprint density at radius 2 is 1.09 bits per heavy atom. The molecule has 0 N–H and O–H groups in total. The van der Waals surface area contributed by atoms with E-state index in [9.17, 15) is 0 Å². The van der Waals surface area contributed by atoms with Crippen molar-refractivity contribution in [2.75, 3.05) is 4.90 Å². The van der Waals surface area contributed by atoms with Gasteiger partial charge in [0.05, 0.1) is 6.04 Å². The van der Waals surface area contributed by atoms with Crippen molar-refractivity contribution in [2.24, 2.45) is 0 Å². The van der Waals surface area contributed by atoms with Gasteiger partial charge in [-0.05, 0) is 95.2 Å². The van der Waals surface area contributed by atoms with Crippen LogP contribution in [0.25, 0.3) is 65.3 Å². The zero-order valence-electron chi connectivity index (χ0n) is 24.7. The molecule has 210 valence electrons. The molecule has 2 unspecified atom stereocenters. The minimum absolute atomic E-state index is 0.289. The van der Waals surface area contributed by atoms with Crippen LogP contribution in [-0.2, 0) is 0 Å². The Labute approximate surface area is 262 Å².